The van der Waals surface area contributed by atoms with Crippen molar-refractivity contribution < 1.29 is 33.0 Å². The van der Waals surface area contributed by atoms with Crippen molar-refractivity contribution in [3.8, 4) is 0 Å². The lowest BCUT2D eigenvalue weighted by molar-refractivity contribution is -0.145. The smallest absolute Gasteiger partial charge is 0.348 e. The fraction of sp³-hybridized carbons (Fsp3) is 0.444. The number of nitrogens with zero attached hydrogens (tertiary/aromatic N) is 1. The van der Waals surface area contributed by atoms with E-state index in [0.29, 0.717) is 6.42 Å². The molecule has 152 valence electrons. The lowest BCUT2D eigenvalue weighted by atomic mass is 10.1. The van der Waals surface area contributed by atoms with Crippen LogP contribution in [0.5, 0.6) is 0 Å². The number of rotatable bonds is 5. The Balaban J connectivity index is 2.19. The molecular weight excluding hydrogens is 395 g/mol. The molecular formula is C18H20ClFN2O6. The summed E-state index contributed by atoms with van der Waals surface area (Å²) in [6.07, 6.45) is -0.0804. The van der Waals surface area contributed by atoms with Crippen LogP contribution in [0.25, 0.3) is 0 Å². The minimum atomic E-state index is -0.976. The summed E-state index contributed by atoms with van der Waals surface area (Å²) in [5, 5.41) is 2.05. The number of urea groups is 1. The fourth-order valence-electron chi connectivity index (χ4n) is 2.40. The SMILES string of the molecule is CCOC(=O)C1CCOC1=NC(=O)Nc1cc(C(=O)OC(C)C)c(Cl)cc1F. The second-order valence-corrected chi connectivity index (χ2v) is 6.50. The summed E-state index contributed by atoms with van der Waals surface area (Å²) in [7, 11) is 0. The van der Waals surface area contributed by atoms with Crippen LogP contribution in [0.4, 0.5) is 14.9 Å². The van der Waals surface area contributed by atoms with Gasteiger partial charge in [-0.05, 0) is 32.9 Å². The van der Waals surface area contributed by atoms with Gasteiger partial charge in [-0.2, -0.15) is 4.99 Å². The van der Waals surface area contributed by atoms with Crippen LogP contribution in [0.1, 0.15) is 37.6 Å². The molecule has 8 nitrogen and oxygen atoms in total. The van der Waals surface area contributed by atoms with Crippen LogP contribution in [-0.4, -0.2) is 43.2 Å². The molecule has 0 saturated carbocycles. The largest absolute Gasteiger partial charge is 0.480 e. The minimum Gasteiger partial charge on any atom is -0.480 e. The van der Waals surface area contributed by atoms with Crippen molar-refractivity contribution in [2.75, 3.05) is 18.5 Å². The molecule has 0 aliphatic carbocycles. The Hall–Kier alpha value is -2.68. The molecule has 1 unspecified atom stereocenters. The molecule has 28 heavy (non-hydrogen) atoms. The van der Waals surface area contributed by atoms with Crippen molar-refractivity contribution in [3.05, 3.63) is 28.5 Å². The van der Waals surface area contributed by atoms with Crippen molar-refractivity contribution >= 4 is 41.2 Å². The van der Waals surface area contributed by atoms with Crippen molar-refractivity contribution in [1.82, 2.24) is 0 Å². The first-order valence-corrected chi connectivity index (χ1v) is 8.99. The number of benzene rings is 1. The quantitative estimate of drug-likeness (QED) is 0.738. The van der Waals surface area contributed by atoms with E-state index in [1.54, 1.807) is 20.8 Å². The number of aliphatic imine (C=N–C) groups is 1. The summed E-state index contributed by atoms with van der Waals surface area (Å²) in [6.45, 7) is 5.34. The molecule has 0 radical (unpaired) electrons. The maximum absolute atomic E-state index is 14.1. The lowest BCUT2D eigenvalue weighted by Crippen LogP contribution is -2.24. The third-order valence-electron chi connectivity index (χ3n) is 3.60. The summed E-state index contributed by atoms with van der Waals surface area (Å²) in [5.41, 5.74) is -0.429. The zero-order chi connectivity index (χ0) is 20.8. The van der Waals surface area contributed by atoms with Gasteiger partial charge in [0.15, 0.2) is 0 Å². The minimum absolute atomic E-state index is 0.107. The molecule has 1 fully saturated rings. The standard InChI is InChI=1S/C18H20ClFN2O6/c1-4-26-16(23)10-5-6-27-15(10)22-18(25)21-14-7-11(12(19)8-13(14)20)17(24)28-9(2)3/h7-10H,4-6H2,1-3H3,(H,21,25). The highest BCUT2D eigenvalue weighted by Gasteiger charge is 2.33. The van der Waals surface area contributed by atoms with E-state index in [4.69, 9.17) is 25.8 Å². The van der Waals surface area contributed by atoms with Crippen LogP contribution in [0, 0.1) is 11.7 Å². The summed E-state index contributed by atoms with van der Waals surface area (Å²) >= 11 is 5.89. The average Bonchev–Trinajstić information content (AvgIpc) is 3.04. The molecule has 1 aliphatic heterocycles. The Kier molecular flexibility index (Phi) is 7.33. The van der Waals surface area contributed by atoms with E-state index < -0.39 is 35.8 Å². The number of carbonyl (C=O) groups is 3. The van der Waals surface area contributed by atoms with E-state index in [2.05, 4.69) is 10.3 Å². The first-order chi connectivity index (χ1) is 13.2. The molecule has 2 amide bonds. The van der Waals surface area contributed by atoms with Crippen molar-refractivity contribution in [2.45, 2.75) is 33.3 Å². The molecule has 1 saturated heterocycles. The van der Waals surface area contributed by atoms with Crippen LogP contribution in [0.2, 0.25) is 5.02 Å². The number of carbonyl (C=O) groups excluding carboxylic acids is 3. The van der Waals surface area contributed by atoms with Crippen LogP contribution < -0.4 is 5.32 Å². The second kappa shape index (κ2) is 9.50. The van der Waals surface area contributed by atoms with Crippen LogP contribution >= 0.6 is 11.6 Å². The average molecular weight is 415 g/mol. The first-order valence-electron chi connectivity index (χ1n) is 8.62. The van der Waals surface area contributed by atoms with Gasteiger partial charge in [0.25, 0.3) is 0 Å². The van der Waals surface area contributed by atoms with E-state index in [9.17, 15) is 18.8 Å². The van der Waals surface area contributed by atoms with Gasteiger partial charge < -0.3 is 19.5 Å². The Labute approximate surface area is 166 Å². The molecule has 2 rings (SSSR count). The summed E-state index contributed by atoms with van der Waals surface area (Å²) in [4.78, 5) is 39.7. The van der Waals surface area contributed by atoms with Gasteiger partial charge in [0.1, 0.15) is 11.7 Å². The van der Waals surface area contributed by atoms with E-state index in [1.165, 1.54) is 0 Å². The van der Waals surface area contributed by atoms with Crippen LogP contribution in [0.15, 0.2) is 17.1 Å². The maximum Gasteiger partial charge on any atom is 0.348 e. The molecule has 0 spiro atoms. The topological polar surface area (TPSA) is 103 Å². The van der Waals surface area contributed by atoms with Crippen molar-refractivity contribution in [2.24, 2.45) is 10.9 Å². The number of esters is 2. The van der Waals surface area contributed by atoms with Gasteiger partial charge in [0.2, 0.25) is 5.90 Å². The molecule has 1 aromatic carbocycles. The second-order valence-electron chi connectivity index (χ2n) is 6.09. The number of halogens is 2. The molecule has 1 heterocycles. The highest BCUT2D eigenvalue weighted by Crippen LogP contribution is 2.26. The van der Waals surface area contributed by atoms with Gasteiger partial charge in [0, 0.05) is 6.42 Å². The highest BCUT2D eigenvalue weighted by molar-refractivity contribution is 6.33. The molecule has 1 N–H and O–H groups in total. The molecule has 1 atom stereocenters. The van der Waals surface area contributed by atoms with Crippen LogP contribution in [-0.2, 0) is 19.0 Å². The highest BCUT2D eigenvalue weighted by atomic mass is 35.5. The summed E-state index contributed by atoms with van der Waals surface area (Å²) in [6, 6.07) is 0.962. The predicted molar refractivity (Wildman–Crippen MR) is 99.1 cm³/mol. The maximum atomic E-state index is 14.1. The molecule has 1 aliphatic rings. The van der Waals surface area contributed by atoms with Gasteiger partial charge in [-0.1, -0.05) is 11.6 Å². The normalized spacial score (nSPS) is 17.4. The van der Waals surface area contributed by atoms with Gasteiger partial charge in [-0.15, -0.1) is 0 Å². The first kappa shape index (κ1) is 21.6. The van der Waals surface area contributed by atoms with Crippen molar-refractivity contribution in [3.63, 3.8) is 0 Å². The Bertz CT molecular complexity index is 812. The molecule has 0 bridgehead atoms. The monoisotopic (exact) mass is 414 g/mol. The number of ether oxygens (including phenoxy) is 3. The van der Waals surface area contributed by atoms with Crippen molar-refractivity contribution in [1.29, 1.82) is 0 Å². The fourth-order valence-corrected chi connectivity index (χ4v) is 2.63. The number of anilines is 1. The molecule has 1 aromatic rings. The van der Waals surface area contributed by atoms with E-state index >= 15 is 0 Å². The van der Waals surface area contributed by atoms with E-state index in [0.717, 1.165) is 12.1 Å². The van der Waals surface area contributed by atoms with Gasteiger partial charge in [-0.25, -0.2) is 14.0 Å². The van der Waals surface area contributed by atoms with E-state index in [-0.39, 0.29) is 35.4 Å². The van der Waals surface area contributed by atoms with Gasteiger partial charge >= 0.3 is 18.0 Å². The van der Waals surface area contributed by atoms with E-state index in [1.807, 2.05) is 0 Å². The zero-order valence-corrected chi connectivity index (χ0v) is 16.3. The third kappa shape index (κ3) is 5.41. The van der Waals surface area contributed by atoms with Gasteiger partial charge in [0.05, 0.1) is 35.6 Å². The Morgan fingerprint density at radius 1 is 1.39 bits per heavy atom. The Morgan fingerprint density at radius 2 is 2.11 bits per heavy atom. The Morgan fingerprint density at radius 3 is 2.75 bits per heavy atom. The predicted octanol–water partition coefficient (Wildman–Crippen LogP) is 3.57. The number of hydrogen-bond donors (Lipinski definition) is 1. The molecule has 10 heteroatoms. The summed E-state index contributed by atoms with van der Waals surface area (Å²) < 4.78 is 29.3. The molecule has 0 aromatic heterocycles. The van der Waals surface area contributed by atoms with Crippen LogP contribution in [0.3, 0.4) is 0 Å². The zero-order valence-electron chi connectivity index (χ0n) is 15.6. The van der Waals surface area contributed by atoms with Gasteiger partial charge in [-0.3, -0.25) is 4.79 Å². The number of hydrogen-bond acceptors (Lipinski definition) is 6. The number of amides is 2. The lowest BCUT2D eigenvalue weighted by Gasteiger charge is -2.12. The number of nitrogens with one attached hydrogen (secondary N) is 1. The summed E-state index contributed by atoms with van der Waals surface area (Å²) in [5.74, 6) is -3.08. The third-order valence-corrected chi connectivity index (χ3v) is 3.91.